The highest BCUT2D eigenvalue weighted by atomic mass is 32.1. The lowest BCUT2D eigenvalue weighted by Crippen LogP contribution is -1.92. The van der Waals surface area contributed by atoms with E-state index in [9.17, 15) is 0 Å². The van der Waals surface area contributed by atoms with E-state index in [-0.39, 0.29) is 0 Å². The molecule has 242 valence electrons. The Morgan fingerprint density at radius 1 is 0.462 bits per heavy atom. The van der Waals surface area contributed by atoms with Gasteiger partial charge in [-0.2, -0.15) is 0 Å². The fourth-order valence-corrected chi connectivity index (χ4v) is 10.7. The fourth-order valence-electron chi connectivity index (χ4n) is 8.36. The van der Waals surface area contributed by atoms with Gasteiger partial charge in [-0.15, -0.1) is 11.3 Å². The van der Waals surface area contributed by atoms with Gasteiger partial charge in [0, 0.05) is 47.3 Å². The molecule has 0 bridgehead atoms. The summed E-state index contributed by atoms with van der Waals surface area (Å²) < 4.78 is 12.5. The van der Waals surface area contributed by atoms with E-state index in [1.807, 2.05) is 17.4 Å². The summed E-state index contributed by atoms with van der Waals surface area (Å²) >= 11 is 3.63. The van der Waals surface area contributed by atoms with Crippen molar-refractivity contribution in [3.8, 4) is 27.4 Å². The van der Waals surface area contributed by atoms with Crippen molar-refractivity contribution in [1.29, 1.82) is 0 Å². The number of fused-ring (bicyclic) bond motifs is 13. The van der Waals surface area contributed by atoms with Crippen molar-refractivity contribution >= 4 is 108 Å². The van der Waals surface area contributed by atoms with E-state index in [0.717, 1.165) is 43.6 Å². The van der Waals surface area contributed by atoms with Gasteiger partial charge in [0.15, 0.2) is 5.13 Å². The minimum atomic E-state index is 0.904. The zero-order chi connectivity index (χ0) is 33.9. The summed E-state index contributed by atoms with van der Waals surface area (Å²) in [6.07, 6.45) is 0. The number of thiophene rings is 1. The smallest absolute Gasteiger partial charge is 0.195 e. The van der Waals surface area contributed by atoms with Crippen LogP contribution in [0.25, 0.3) is 112 Å². The van der Waals surface area contributed by atoms with Crippen LogP contribution in [0.5, 0.6) is 0 Å². The fraction of sp³-hybridized carbons (Fsp3) is 0. The molecule has 5 heteroatoms. The second kappa shape index (κ2) is 10.6. The van der Waals surface area contributed by atoms with Gasteiger partial charge in [0.25, 0.3) is 0 Å². The molecule has 0 aliphatic carbocycles. The van der Waals surface area contributed by atoms with Crippen molar-refractivity contribution in [3.63, 3.8) is 0 Å². The molecule has 8 aromatic carbocycles. The van der Waals surface area contributed by atoms with Gasteiger partial charge in [0.1, 0.15) is 11.2 Å². The molecule has 0 saturated heterocycles. The van der Waals surface area contributed by atoms with Crippen molar-refractivity contribution in [2.24, 2.45) is 0 Å². The zero-order valence-corrected chi connectivity index (χ0v) is 29.3. The summed E-state index contributed by atoms with van der Waals surface area (Å²) in [4.78, 5) is 5.59. The SMILES string of the molecule is c1ccc2c(-c3ccc(-c4cc5sc6ccccc6c5c5nc(-n6c7ccccc7c7c8c(ccc76)oc6ccccc68)sc45)cc3)cccc2c1. The van der Waals surface area contributed by atoms with Gasteiger partial charge in [-0.3, -0.25) is 4.57 Å². The molecule has 52 heavy (non-hydrogen) atoms. The lowest BCUT2D eigenvalue weighted by molar-refractivity contribution is 0.669. The molecule has 0 unspecified atom stereocenters. The van der Waals surface area contributed by atoms with Gasteiger partial charge in [-0.25, -0.2) is 4.98 Å². The third kappa shape index (κ3) is 3.92. The average Bonchev–Trinajstić information content (AvgIpc) is 3.97. The number of aromatic nitrogens is 2. The molecule has 0 saturated carbocycles. The maximum Gasteiger partial charge on any atom is 0.195 e. The van der Waals surface area contributed by atoms with Crippen LogP contribution in [0.2, 0.25) is 0 Å². The maximum atomic E-state index is 6.35. The Morgan fingerprint density at radius 3 is 2.06 bits per heavy atom. The van der Waals surface area contributed by atoms with E-state index in [1.54, 1.807) is 11.3 Å². The van der Waals surface area contributed by atoms with Crippen LogP contribution in [0.1, 0.15) is 0 Å². The van der Waals surface area contributed by atoms with Crippen molar-refractivity contribution in [2.75, 3.05) is 0 Å². The number of rotatable bonds is 3. The van der Waals surface area contributed by atoms with Crippen LogP contribution in [0, 0.1) is 0 Å². The maximum absolute atomic E-state index is 6.35. The van der Waals surface area contributed by atoms with Crippen LogP contribution in [-0.2, 0) is 0 Å². The van der Waals surface area contributed by atoms with Crippen LogP contribution >= 0.6 is 22.7 Å². The summed E-state index contributed by atoms with van der Waals surface area (Å²) in [5.41, 5.74) is 10.0. The first-order valence-corrected chi connectivity index (χ1v) is 19.1. The largest absolute Gasteiger partial charge is 0.456 e. The van der Waals surface area contributed by atoms with Gasteiger partial charge < -0.3 is 4.42 Å². The highest BCUT2D eigenvalue weighted by Crippen LogP contribution is 2.47. The summed E-state index contributed by atoms with van der Waals surface area (Å²) in [6.45, 7) is 0. The molecule has 0 amide bonds. The van der Waals surface area contributed by atoms with Gasteiger partial charge in [0.2, 0.25) is 0 Å². The minimum absolute atomic E-state index is 0.904. The first-order valence-electron chi connectivity index (χ1n) is 17.5. The summed E-state index contributed by atoms with van der Waals surface area (Å²) in [5.74, 6) is 0. The molecular weight excluding hydrogens is 673 g/mol. The van der Waals surface area contributed by atoms with Gasteiger partial charge >= 0.3 is 0 Å². The van der Waals surface area contributed by atoms with E-state index in [0.29, 0.717) is 0 Å². The molecule has 12 aromatic rings. The molecule has 0 N–H and O–H groups in total. The highest BCUT2D eigenvalue weighted by molar-refractivity contribution is 7.26. The monoisotopic (exact) mass is 698 g/mol. The molecule has 0 atom stereocenters. The van der Waals surface area contributed by atoms with E-state index in [4.69, 9.17) is 9.40 Å². The lowest BCUT2D eigenvalue weighted by atomic mass is 9.96. The molecule has 0 radical (unpaired) electrons. The molecule has 0 fully saturated rings. The van der Waals surface area contributed by atoms with Gasteiger partial charge in [-0.05, 0) is 63.9 Å². The van der Waals surface area contributed by atoms with Crippen molar-refractivity contribution in [2.45, 2.75) is 0 Å². The first-order chi connectivity index (χ1) is 25.8. The number of thiazole rings is 1. The molecule has 3 nitrogen and oxygen atoms in total. The number of hydrogen-bond donors (Lipinski definition) is 0. The van der Waals surface area contributed by atoms with E-state index in [2.05, 4.69) is 156 Å². The second-order valence-corrected chi connectivity index (χ2v) is 15.5. The van der Waals surface area contributed by atoms with E-state index < -0.39 is 0 Å². The Balaban J connectivity index is 1.13. The van der Waals surface area contributed by atoms with Crippen LogP contribution < -0.4 is 0 Å². The molecule has 4 aromatic heterocycles. The third-order valence-corrected chi connectivity index (χ3v) is 12.9. The van der Waals surface area contributed by atoms with Crippen molar-refractivity contribution < 1.29 is 4.42 Å². The van der Waals surface area contributed by atoms with Gasteiger partial charge in [-0.1, -0.05) is 133 Å². The Bertz CT molecular complexity index is 3410. The van der Waals surface area contributed by atoms with Crippen LogP contribution in [0.3, 0.4) is 0 Å². The number of furan rings is 1. The number of nitrogens with zero attached hydrogens (tertiary/aromatic N) is 2. The molecule has 0 aliphatic heterocycles. The Morgan fingerprint density at radius 2 is 1.17 bits per heavy atom. The Hall–Kier alpha value is -6.27. The number of para-hydroxylation sites is 2. The first kappa shape index (κ1) is 28.4. The highest BCUT2D eigenvalue weighted by Gasteiger charge is 2.23. The summed E-state index contributed by atoms with van der Waals surface area (Å²) in [5, 5.41) is 10.7. The van der Waals surface area contributed by atoms with E-state index >= 15 is 0 Å². The molecule has 12 rings (SSSR count). The standard InChI is InChI=1S/C47H26N2OS2/c1-2-12-30-27(10-1)11-9-16-31(30)28-20-22-29(23-21-28)35-26-41-44(34-15-5-8-19-40(34)51-41)45-46(35)52-47(48-45)49-36-17-6-3-13-32(36)42-37(49)24-25-39-43(42)33-14-4-7-18-38(33)50-39/h1-26H. The summed E-state index contributed by atoms with van der Waals surface area (Å²) in [7, 11) is 0. The van der Waals surface area contributed by atoms with Crippen LogP contribution in [0.15, 0.2) is 162 Å². The number of hydrogen-bond acceptors (Lipinski definition) is 4. The Labute approximate surface area is 305 Å². The quantitative estimate of drug-likeness (QED) is 0.184. The molecule has 4 heterocycles. The van der Waals surface area contributed by atoms with Gasteiger partial charge in [0.05, 0.1) is 21.3 Å². The lowest BCUT2D eigenvalue weighted by Gasteiger charge is -2.09. The van der Waals surface area contributed by atoms with E-state index in [1.165, 1.54) is 68.7 Å². The van der Waals surface area contributed by atoms with Crippen LogP contribution in [0.4, 0.5) is 0 Å². The predicted octanol–water partition coefficient (Wildman–Crippen LogP) is 14.1. The van der Waals surface area contributed by atoms with Crippen molar-refractivity contribution in [3.05, 3.63) is 158 Å². The normalized spacial score (nSPS) is 12.2. The second-order valence-electron chi connectivity index (χ2n) is 13.5. The molecule has 0 spiro atoms. The van der Waals surface area contributed by atoms with Crippen LogP contribution in [-0.4, -0.2) is 9.55 Å². The molecule has 0 aliphatic rings. The van der Waals surface area contributed by atoms with Crippen molar-refractivity contribution in [1.82, 2.24) is 9.55 Å². The third-order valence-electron chi connectivity index (χ3n) is 10.7. The predicted molar refractivity (Wildman–Crippen MR) is 223 cm³/mol. The Kier molecular flexibility index (Phi) is 5.81. The molecular formula is C47H26N2OS2. The number of benzene rings is 8. The average molecular weight is 699 g/mol. The minimum Gasteiger partial charge on any atom is -0.456 e. The topological polar surface area (TPSA) is 31.0 Å². The summed E-state index contributed by atoms with van der Waals surface area (Å²) in [6, 6.07) is 56.8. The zero-order valence-electron chi connectivity index (χ0n) is 27.6.